The van der Waals surface area contributed by atoms with E-state index in [1.165, 1.54) is 18.5 Å². The summed E-state index contributed by atoms with van der Waals surface area (Å²) in [7, 11) is 1.69. The van der Waals surface area contributed by atoms with Crippen molar-refractivity contribution in [3.05, 3.63) is 29.8 Å². The van der Waals surface area contributed by atoms with Gasteiger partial charge in [-0.3, -0.25) is 0 Å². The number of aliphatic hydroxyl groups is 1. The predicted molar refractivity (Wildman–Crippen MR) is 77.5 cm³/mol. The molecule has 0 spiro atoms. The third-order valence-electron chi connectivity index (χ3n) is 4.10. The van der Waals surface area contributed by atoms with Crippen LogP contribution < -0.4 is 4.74 Å². The Labute approximate surface area is 116 Å². The molecule has 1 saturated heterocycles. The van der Waals surface area contributed by atoms with E-state index in [0.29, 0.717) is 5.92 Å². The minimum atomic E-state index is -0.177. The highest BCUT2D eigenvalue weighted by Crippen LogP contribution is 2.20. The van der Waals surface area contributed by atoms with Crippen LogP contribution in [0, 0.1) is 5.92 Å². The first-order chi connectivity index (χ1) is 9.19. The van der Waals surface area contributed by atoms with Gasteiger partial charge in [-0.15, -0.1) is 0 Å². The standard InChI is InChI=1S/C16H25NO2/c1-13(18)15-4-3-10-17(12-15)11-9-14-5-7-16(19-2)8-6-14/h5-8,13,15,18H,3-4,9-12H2,1-2H3. The van der Waals surface area contributed by atoms with E-state index in [0.717, 1.165) is 31.7 Å². The highest BCUT2D eigenvalue weighted by atomic mass is 16.5. The summed E-state index contributed by atoms with van der Waals surface area (Å²) in [5.41, 5.74) is 1.35. The lowest BCUT2D eigenvalue weighted by molar-refractivity contribution is 0.0634. The van der Waals surface area contributed by atoms with E-state index in [-0.39, 0.29) is 6.10 Å². The van der Waals surface area contributed by atoms with Crippen molar-refractivity contribution in [2.75, 3.05) is 26.7 Å². The van der Waals surface area contributed by atoms with Gasteiger partial charge in [-0.25, -0.2) is 0 Å². The smallest absolute Gasteiger partial charge is 0.118 e. The van der Waals surface area contributed by atoms with Gasteiger partial charge < -0.3 is 14.7 Å². The molecule has 1 aromatic carbocycles. The first-order valence-corrected chi connectivity index (χ1v) is 7.22. The second kappa shape index (κ2) is 6.92. The topological polar surface area (TPSA) is 32.7 Å². The Morgan fingerprint density at radius 1 is 1.37 bits per heavy atom. The zero-order valence-electron chi connectivity index (χ0n) is 12.0. The number of nitrogens with zero attached hydrogens (tertiary/aromatic N) is 1. The van der Waals surface area contributed by atoms with Crippen LogP contribution in [-0.2, 0) is 6.42 Å². The van der Waals surface area contributed by atoms with E-state index in [4.69, 9.17) is 4.74 Å². The number of benzene rings is 1. The van der Waals surface area contributed by atoms with E-state index < -0.39 is 0 Å². The monoisotopic (exact) mass is 263 g/mol. The summed E-state index contributed by atoms with van der Waals surface area (Å²) in [6.45, 7) is 5.19. The van der Waals surface area contributed by atoms with Gasteiger partial charge in [-0.1, -0.05) is 12.1 Å². The zero-order valence-corrected chi connectivity index (χ0v) is 12.0. The van der Waals surface area contributed by atoms with Crippen molar-refractivity contribution in [1.82, 2.24) is 4.90 Å². The Balaban J connectivity index is 1.80. The van der Waals surface area contributed by atoms with Crippen molar-refractivity contribution in [3.8, 4) is 5.75 Å². The molecule has 1 aliphatic rings. The highest BCUT2D eigenvalue weighted by Gasteiger charge is 2.22. The van der Waals surface area contributed by atoms with Gasteiger partial charge in [0.25, 0.3) is 0 Å². The van der Waals surface area contributed by atoms with Crippen molar-refractivity contribution in [2.24, 2.45) is 5.92 Å². The Morgan fingerprint density at radius 3 is 2.74 bits per heavy atom. The van der Waals surface area contributed by atoms with Crippen molar-refractivity contribution in [3.63, 3.8) is 0 Å². The number of aliphatic hydroxyl groups excluding tert-OH is 1. The van der Waals surface area contributed by atoms with Crippen LogP contribution in [0.1, 0.15) is 25.3 Å². The molecule has 2 rings (SSSR count). The van der Waals surface area contributed by atoms with Gasteiger partial charge in [0.1, 0.15) is 5.75 Å². The lowest BCUT2D eigenvalue weighted by atomic mass is 9.93. The second-order valence-electron chi connectivity index (χ2n) is 5.54. The fraction of sp³-hybridized carbons (Fsp3) is 0.625. The molecule has 3 heteroatoms. The predicted octanol–water partition coefficient (Wildman–Crippen LogP) is 2.33. The zero-order chi connectivity index (χ0) is 13.7. The summed E-state index contributed by atoms with van der Waals surface area (Å²) in [6.07, 6.45) is 3.26. The summed E-state index contributed by atoms with van der Waals surface area (Å²) < 4.78 is 5.17. The quantitative estimate of drug-likeness (QED) is 0.885. The average Bonchev–Trinajstić information content (AvgIpc) is 2.46. The molecule has 0 aliphatic carbocycles. The maximum absolute atomic E-state index is 9.70. The number of likely N-dealkylation sites (tertiary alicyclic amines) is 1. The van der Waals surface area contributed by atoms with Gasteiger partial charge in [0, 0.05) is 13.1 Å². The van der Waals surface area contributed by atoms with E-state index >= 15 is 0 Å². The van der Waals surface area contributed by atoms with Crippen LogP contribution in [0.25, 0.3) is 0 Å². The van der Waals surface area contributed by atoms with E-state index in [1.807, 2.05) is 19.1 Å². The third-order valence-corrected chi connectivity index (χ3v) is 4.10. The van der Waals surface area contributed by atoms with Crippen LogP contribution in [-0.4, -0.2) is 42.9 Å². The van der Waals surface area contributed by atoms with Crippen LogP contribution in [0.3, 0.4) is 0 Å². The Kier molecular flexibility index (Phi) is 5.23. The summed E-state index contributed by atoms with van der Waals surface area (Å²) in [4.78, 5) is 2.48. The summed E-state index contributed by atoms with van der Waals surface area (Å²) >= 11 is 0. The summed E-state index contributed by atoms with van der Waals surface area (Å²) in [6, 6.07) is 8.30. The van der Waals surface area contributed by atoms with Crippen molar-refractivity contribution >= 4 is 0 Å². The van der Waals surface area contributed by atoms with Crippen LogP contribution in [0.2, 0.25) is 0 Å². The Morgan fingerprint density at radius 2 is 2.11 bits per heavy atom. The van der Waals surface area contributed by atoms with Crippen LogP contribution in [0.15, 0.2) is 24.3 Å². The van der Waals surface area contributed by atoms with E-state index in [2.05, 4.69) is 17.0 Å². The fourth-order valence-electron chi connectivity index (χ4n) is 2.77. The first kappa shape index (κ1) is 14.4. The molecule has 0 amide bonds. The summed E-state index contributed by atoms with van der Waals surface area (Å²) in [5, 5.41) is 9.70. The van der Waals surface area contributed by atoms with Gasteiger partial charge >= 0.3 is 0 Å². The molecule has 0 radical (unpaired) electrons. The summed E-state index contributed by atoms with van der Waals surface area (Å²) in [5.74, 6) is 1.36. The molecule has 0 aromatic heterocycles. The fourth-order valence-corrected chi connectivity index (χ4v) is 2.77. The van der Waals surface area contributed by atoms with Crippen LogP contribution in [0.5, 0.6) is 5.75 Å². The largest absolute Gasteiger partial charge is 0.497 e. The first-order valence-electron chi connectivity index (χ1n) is 7.22. The number of ether oxygens (including phenoxy) is 1. The van der Waals surface area contributed by atoms with Gasteiger partial charge in [-0.05, 0) is 56.3 Å². The van der Waals surface area contributed by atoms with Gasteiger partial charge in [0.15, 0.2) is 0 Å². The molecular formula is C16H25NO2. The maximum Gasteiger partial charge on any atom is 0.118 e. The number of hydrogen-bond donors (Lipinski definition) is 1. The van der Waals surface area contributed by atoms with Crippen molar-refractivity contribution in [2.45, 2.75) is 32.3 Å². The molecule has 0 bridgehead atoms. The lowest BCUT2D eigenvalue weighted by Crippen LogP contribution is -2.40. The van der Waals surface area contributed by atoms with Crippen molar-refractivity contribution < 1.29 is 9.84 Å². The van der Waals surface area contributed by atoms with Crippen LogP contribution in [0.4, 0.5) is 0 Å². The molecule has 3 nitrogen and oxygen atoms in total. The average molecular weight is 263 g/mol. The van der Waals surface area contributed by atoms with Gasteiger partial charge in [0.05, 0.1) is 13.2 Å². The number of piperidine rings is 1. The second-order valence-corrected chi connectivity index (χ2v) is 5.54. The molecule has 2 unspecified atom stereocenters. The van der Waals surface area contributed by atoms with Crippen molar-refractivity contribution in [1.29, 1.82) is 0 Å². The SMILES string of the molecule is COc1ccc(CCN2CCCC(C(C)O)C2)cc1. The number of rotatable bonds is 5. The molecule has 19 heavy (non-hydrogen) atoms. The molecule has 1 aromatic rings. The van der Waals surface area contributed by atoms with Gasteiger partial charge in [-0.2, -0.15) is 0 Å². The molecule has 1 N–H and O–H groups in total. The molecule has 106 valence electrons. The normalized spacial score (nSPS) is 22.2. The third kappa shape index (κ3) is 4.22. The molecule has 1 aliphatic heterocycles. The maximum atomic E-state index is 9.70. The molecule has 1 heterocycles. The number of methoxy groups -OCH3 is 1. The Bertz CT molecular complexity index is 375. The lowest BCUT2D eigenvalue weighted by Gasteiger charge is -2.34. The molecule has 0 saturated carbocycles. The van der Waals surface area contributed by atoms with Gasteiger partial charge in [0.2, 0.25) is 0 Å². The molecule has 2 atom stereocenters. The van der Waals surface area contributed by atoms with E-state index in [1.54, 1.807) is 7.11 Å². The molecular weight excluding hydrogens is 238 g/mol. The van der Waals surface area contributed by atoms with Crippen LogP contribution >= 0.6 is 0 Å². The minimum absolute atomic E-state index is 0.177. The van der Waals surface area contributed by atoms with E-state index in [9.17, 15) is 5.11 Å². The molecule has 1 fully saturated rings. The highest BCUT2D eigenvalue weighted by molar-refractivity contribution is 5.27. The Hall–Kier alpha value is -1.06. The minimum Gasteiger partial charge on any atom is -0.497 e. The number of hydrogen-bond acceptors (Lipinski definition) is 3.